The van der Waals surface area contributed by atoms with Gasteiger partial charge in [-0.2, -0.15) is 0 Å². The van der Waals surface area contributed by atoms with Crippen molar-refractivity contribution in [3.8, 4) is 5.75 Å². The Balaban J connectivity index is 2.04. The van der Waals surface area contributed by atoms with Gasteiger partial charge < -0.3 is 15.0 Å². The maximum atomic E-state index is 14.1. The highest BCUT2D eigenvalue weighted by molar-refractivity contribution is 7.92. The quantitative estimate of drug-likeness (QED) is 0.299. The lowest BCUT2D eigenvalue weighted by Gasteiger charge is -2.33. The SMILES string of the molecule is CCOc1ccc(S(=O)(=O)N(CC(=O)N(Cc2ccc(C)cc2)[C@H](CC)C(=O)NC(C)C)c2ccc(C)cc2)cc1. The summed E-state index contributed by atoms with van der Waals surface area (Å²) in [6.45, 7) is 11.4. The van der Waals surface area contributed by atoms with Gasteiger partial charge >= 0.3 is 0 Å². The predicted molar refractivity (Wildman–Crippen MR) is 162 cm³/mol. The van der Waals surface area contributed by atoms with Crippen LogP contribution >= 0.6 is 0 Å². The third-order valence-electron chi connectivity index (χ3n) is 6.61. The molecule has 1 atom stereocenters. The minimum absolute atomic E-state index is 0.0315. The lowest BCUT2D eigenvalue weighted by atomic mass is 10.1. The maximum absolute atomic E-state index is 14.1. The van der Waals surface area contributed by atoms with Crippen molar-refractivity contribution >= 4 is 27.5 Å². The van der Waals surface area contributed by atoms with Crippen LogP contribution in [0.3, 0.4) is 0 Å². The summed E-state index contributed by atoms with van der Waals surface area (Å²) in [5.74, 6) is -0.207. The number of rotatable bonds is 13. The normalized spacial score (nSPS) is 12.1. The molecule has 3 aromatic carbocycles. The summed E-state index contributed by atoms with van der Waals surface area (Å²) < 4.78 is 34.6. The number of nitrogens with zero attached hydrogens (tertiary/aromatic N) is 2. The van der Waals surface area contributed by atoms with E-state index < -0.39 is 28.5 Å². The van der Waals surface area contributed by atoms with Crippen molar-refractivity contribution in [3.05, 3.63) is 89.5 Å². The van der Waals surface area contributed by atoms with E-state index in [1.54, 1.807) is 36.4 Å². The molecule has 0 spiro atoms. The van der Waals surface area contributed by atoms with Crippen LogP contribution in [-0.4, -0.2) is 50.4 Å². The number of aryl methyl sites for hydroxylation is 2. The van der Waals surface area contributed by atoms with E-state index in [-0.39, 0.29) is 23.4 Å². The summed E-state index contributed by atoms with van der Waals surface area (Å²) in [7, 11) is -4.15. The average Bonchev–Trinajstić information content (AvgIpc) is 2.93. The highest BCUT2D eigenvalue weighted by Crippen LogP contribution is 2.26. The number of ether oxygens (including phenoxy) is 1. The van der Waals surface area contributed by atoms with Crippen LogP contribution in [0.5, 0.6) is 5.75 Å². The summed E-state index contributed by atoms with van der Waals surface area (Å²) in [5.41, 5.74) is 3.22. The van der Waals surface area contributed by atoms with Crippen molar-refractivity contribution in [2.45, 2.75) is 71.5 Å². The van der Waals surface area contributed by atoms with E-state index in [0.29, 0.717) is 24.5 Å². The van der Waals surface area contributed by atoms with E-state index in [1.165, 1.54) is 17.0 Å². The summed E-state index contributed by atoms with van der Waals surface area (Å²) in [5, 5.41) is 2.91. The van der Waals surface area contributed by atoms with Gasteiger partial charge in [0.25, 0.3) is 10.0 Å². The second kappa shape index (κ2) is 14.2. The Morgan fingerprint density at radius 1 is 0.854 bits per heavy atom. The molecule has 0 aromatic heterocycles. The van der Waals surface area contributed by atoms with Crippen molar-refractivity contribution in [2.75, 3.05) is 17.5 Å². The van der Waals surface area contributed by atoms with E-state index in [1.807, 2.05) is 65.8 Å². The standard InChI is InChI=1S/C32H41N3O5S/c1-7-30(32(37)33-23(3)4)34(21-26-13-9-24(5)10-14-26)31(36)22-35(27-15-11-25(6)12-16-27)41(38,39)29-19-17-28(18-20-29)40-8-2/h9-20,23,30H,7-8,21-22H2,1-6H3,(H,33,37)/t30-/m1/s1. The number of hydrogen-bond acceptors (Lipinski definition) is 5. The van der Waals surface area contributed by atoms with Crippen LogP contribution in [0.2, 0.25) is 0 Å². The number of benzene rings is 3. The Morgan fingerprint density at radius 2 is 1.41 bits per heavy atom. The zero-order valence-corrected chi connectivity index (χ0v) is 25.6. The molecule has 9 heteroatoms. The molecule has 0 bridgehead atoms. The third-order valence-corrected chi connectivity index (χ3v) is 8.40. The lowest BCUT2D eigenvalue weighted by molar-refractivity contribution is -0.140. The first-order valence-electron chi connectivity index (χ1n) is 13.9. The fraction of sp³-hybridized carbons (Fsp3) is 0.375. The Bertz CT molecular complexity index is 1400. The summed E-state index contributed by atoms with van der Waals surface area (Å²) >= 11 is 0. The van der Waals surface area contributed by atoms with Gasteiger partial charge in [0.2, 0.25) is 11.8 Å². The molecule has 0 saturated heterocycles. The van der Waals surface area contributed by atoms with Gasteiger partial charge in [0.15, 0.2) is 0 Å². The fourth-order valence-electron chi connectivity index (χ4n) is 4.43. The van der Waals surface area contributed by atoms with Crippen LogP contribution < -0.4 is 14.4 Å². The van der Waals surface area contributed by atoms with Gasteiger partial charge in [-0.1, -0.05) is 54.4 Å². The number of nitrogens with one attached hydrogen (secondary N) is 1. The highest BCUT2D eigenvalue weighted by atomic mass is 32.2. The van der Waals surface area contributed by atoms with E-state index in [4.69, 9.17) is 4.74 Å². The molecule has 0 heterocycles. The van der Waals surface area contributed by atoms with Crippen molar-refractivity contribution in [1.29, 1.82) is 0 Å². The third kappa shape index (κ3) is 8.33. The number of carbonyl (C=O) groups excluding carboxylic acids is 2. The minimum Gasteiger partial charge on any atom is -0.494 e. The van der Waals surface area contributed by atoms with Gasteiger partial charge in [-0.3, -0.25) is 13.9 Å². The zero-order valence-electron chi connectivity index (χ0n) is 24.8. The largest absolute Gasteiger partial charge is 0.494 e. The van der Waals surface area contributed by atoms with E-state index in [2.05, 4.69) is 5.32 Å². The first-order chi connectivity index (χ1) is 19.5. The number of amides is 2. The molecule has 0 fully saturated rings. The van der Waals surface area contributed by atoms with Crippen molar-refractivity contribution < 1.29 is 22.7 Å². The number of sulfonamides is 1. The smallest absolute Gasteiger partial charge is 0.264 e. The Hall–Kier alpha value is -3.85. The molecular formula is C32H41N3O5S. The van der Waals surface area contributed by atoms with Gasteiger partial charge in [-0.15, -0.1) is 0 Å². The molecule has 41 heavy (non-hydrogen) atoms. The Labute approximate surface area is 244 Å². The molecule has 1 N–H and O–H groups in total. The first kappa shape index (κ1) is 31.7. The highest BCUT2D eigenvalue weighted by Gasteiger charge is 2.33. The summed E-state index contributed by atoms with van der Waals surface area (Å²) in [6.07, 6.45) is 0.367. The predicted octanol–water partition coefficient (Wildman–Crippen LogP) is 5.23. The van der Waals surface area contributed by atoms with Crippen molar-refractivity contribution in [2.24, 2.45) is 0 Å². The first-order valence-corrected chi connectivity index (χ1v) is 15.4. The monoisotopic (exact) mass is 579 g/mol. The topological polar surface area (TPSA) is 96.0 Å². The van der Waals surface area contributed by atoms with Gasteiger partial charge in [-0.05, 0) is 83.0 Å². The van der Waals surface area contributed by atoms with Gasteiger partial charge in [0.1, 0.15) is 18.3 Å². The maximum Gasteiger partial charge on any atom is 0.264 e. The molecule has 3 rings (SSSR count). The van der Waals surface area contributed by atoms with E-state index >= 15 is 0 Å². The van der Waals surface area contributed by atoms with Crippen LogP contribution in [0.4, 0.5) is 5.69 Å². The van der Waals surface area contributed by atoms with Crippen LogP contribution in [0.15, 0.2) is 77.7 Å². The summed E-state index contributed by atoms with van der Waals surface area (Å²) in [6, 6.07) is 19.9. The van der Waals surface area contributed by atoms with Crippen LogP contribution in [-0.2, 0) is 26.2 Å². The molecule has 0 radical (unpaired) electrons. The Kier molecular flexibility index (Phi) is 10.9. The van der Waals surface area contributed by atoms with Crippen molar-refractivity contribution in [3.63, 3.8) is 0 Å². The molecule has 0 aliphatic heterocycles. The summed E-state index contributed by atoms with van der Waals surface area (Å²) in [4.78, 5) is 28.8. The van der Waals surface area contributed by atoms with Crippen molar-refractivity contribution in [1.82, 2.24) is 10.2 Å². The van der Waals surface area contributed by atoms with E-state index in [9.17, 15) is 18.0 Å². The zero-order chi connectivity index (χ0) is 30.2. The molecule has 0 aliphatic rings. The van der Waals surface area contributed by atoms with Gasteiger partial charge in [0.05, 0.1) is 17.2 Å². The molecule has 0 unspecified atom stereocenters. The molecule has 2 amide bonds. The molecule has 3 aromatic rings. The number of carbonyl (C=O) groups is 2. The average molecular weight is 580 g/mol. The number of anilines is 1. The second-order valence-corrected chi connectivity index (χ2v) is 12.2. The molecule has 220 valence electrons. The fourth-order valence-corrected chi connectivity index (χ4v) is 5.85. The second-order valence-electron chi connectivity index (χ2n) is 10.3. The van der Waals surface area contributed by atoms with E-state index in [0.717, 1.165) is 21.0 Å². The van der Waals surface area contributed by atoms with Crippen LogP contribution in [0.25, 0.3) is 0 Å². The number of hydrogen-bond donors (Lipinski definition) is 1. The Morgan fingerprint density at radius 3 is 1.93 bits per heavy atom. The molecule has 0 saturated carbocycles. The lowest BCUT2D eigenvalue weighted by Crippen LogP contribution is -2.53. The van der Waals surface area contributed by atoms with Crippen LogP contribution in [0.1, 0.15) is 50.8 Å². The molecule has 0 aliphatic carbocycles. The van der Waals surface area contributed by atoms with Crippen LogP contribution in [0, 0.1) is 13.8 Å². The molecular weight excluding hydrogens is 538 g/mol. The van der Waals surface area contributed by atoms with Gasteiger partial charge in [-0.25, -0.2) is 8.42 Å². The minimum atomic E-state index is -4.15. The molecule has 8 nitrogen and oxygen atoms in total. The van der Waals surface area contributed by atoms with Gasteiger partial charge in [0, 0.05) is 12.6 Å².